The van der Waals surface area contributed by atoms with Crippen molar-refractivity contribution in [2.75, 3.05) is 19.6 Å². The van der Waals surface area contributed by atoms with Crippen LogP contribution in [-0.2, 0) is 6.42 Å². The van der Waals surface area contributed by atoms with Crippen LogP contribution >= 0.6 is 17.0 Å². The molecular weight excluding hydrogens is 294 g/mol. The molecule has 4 heteroatoms. The predicted octanol–water partition coefficient (Wildman–Crippen LogP) is 2.66. The lowest BCUT2D eigenvalue weighted by Crippen LogP contribution is -2.22. The molecule has 3 nitrogen and oxygen atoms in total. The molecule has 2 aliphatic rings. The van der Waals surface area contributed by atoms with Gasteiger partial charge in [-0.25, -0.2) is 0 Å². The zero-order valence-electron chi connectivity index (χ0n) is 10.6. The summed E-state index contributed by atoms with van der Waals surface area (Å²) in [5.41, 5.74) is 2.24. The lowest BCUT2D eigenvalue weighted by molar-refractivity contribution is 0.321. The lowest BCUT2D eigenvalue weighted by atomic mass is 9.96. The molecule has 100 valence electrons. The van der Waals surface area contributed by atoms with E-state index in [4.69, 9.17) is 0 Å². The first-order valence-electron chi connectivity index (χ1n) is 6.46. The van der Waals surface area contributed by atoms with Crippen molar-refractivity contribution >= 4 is 17.0 Å². The lowest BCUT2D eigenvalue weighted by Gasteiger charge is -2.16. The molecule has 0 spiro atoms. The van der Waals surface area contributed by atoms with Crippen LogP contribution < -0.4 is 0 Å². The van der Waals surface area contributed by atoms with Crippen molar-refractivity contribution in [3.8, 4) is 11.5 Å². The Hall–Kier alpha value is -0.740. The van der Waals surface area contributed by atoms with Gasteiger partial charge in [-0.3, -0.25) is 0 Å². The van der Waals surface area contributed by atoms with E-state index >= 15 is 0 Å². The van der Waals surface area contributed by atoms with Gasteiger partial charge >= 0.3 is 0 Å². The number of benzene rings is 1. The second-order valence-corrected chi connectivity index (χ2v) is 5.33. The van der Waals surface area contributed by atoms with Crippen LogP contribution in [0.4, 0.5) is 0 Å². The molecule has 3 rings (SSSR count). The smallest absolute Gasteiger partial charge is 0.160 e. The maximum atomic E-state index is 9.88. The van der Waals surface area contributed by atoms with Crippen molar-refractivity contribution in [3.05, 3.63) is 23.3 Å². The summed E-state index contributed by atoms with van der Waals surface area (Å²) in [5, 5.41) is 19.4. The largest absolute Gasteiger partial charge is 0.504 e. The summed E-state index contributed by atoms with van der Waals surface area (Å²) in [4.78, 5) is 2.52. The highest BCUT2D eigenvalue weighted by Crippen LogP contribution is 2.48. The van der Waals surface area contributed by atoms with Crippen LogP contribution in [0.2, 0.25) is 0 Å². The molecule has 2 N–H and O–H groups in total. The van der Waals surface area contributed by atoms with Crippen molar-refractivity contribution in [1.82, 2.24) is 4.90 Å². The summed E-state index contributed by atoms with van der Waals surface area (Å²) in [6.07, 6.45) is 2.12. The monoisotopic (exact) mass is 313 g/mol. The molecule has 1 heterocycles. The van der Waals surface area contributed by atoms with Gasteiger partial charge in [-0.1, -0.05) is 13.0 Å². The molecule has 1 aliphatic heterocycles. The van der Waals surface area contributed by atoms with E-state index in [9.17, 15) is 10.2 Å². The number of rotatable bonds is 2. The molecule has 1 aromatic carbocycles. The van der Waals surface area contributed by atoms with Gasteiger partial charge in [0, 0.05) is 24.6 Å². The first-order chi connectivity index (χ1) is 8.20. The SMILES string of the molecule is Br.CCCN1CC2Cc3c(ccc(O)c3O)C2C1. The van der Waals surface area contributed by atoms with E-state index in [2.05, 4.69) is 11.8 Å². The van der Waals surface area contributed by atoms with Crippen molar-refractivity contribution in [2.24, 2.45) is 5.92 Å². The number of hydrogen-bond acceptors (Lipinski definition) is 3. The van der Waals surface area contributed by atoms with E-state index in [1.54, 1.807) is 6.07 Å². The van der Waals surface area contributed by atoms with Gasteiger partial charge in [0.15, 0.2) is 11.5 Å². The molecule has 1 fully saturated rings. The average Bonchev–Trinajstić information content (AvgIpc) is 2.82. The summed E-state index contributed by atoms with van der Waals surface area (Å²) < 4.78 is 0. The molecular formula is C14H20BrNO2. The minimum atomic E-state index is 0. The van der Waals surface area contributed by atoms with E-state index in [1.165, 1.54) is 18.5 Å². The van der Waals surface area contributed by atoms with Crippen LogP contribution in [0.5, 0.6) is 11.5 Å². The molecule has 0 amide bonds. The van der Waals surface area contributed by atoms with Crippen LogP contribution in [0.15, 0.2) is 12.1 Å². The fraction of sp³-hybridized carbons (Fsp3) is 0.571. The Balaban J connectivity index is 0.00000120. The van der Waals surface area contributed by atoms with Crippen LogP contribution in [-0.4, -0.2) is 34.7 Å². The molecule has 1 aliphatic carbocycles. The van der Waals surface area contributed by atoms with E-state index < -0.39 is 0 Å². The summed E-state index contributed by atoms with van der Waals surface area (Å²) in [5.74, 6) is 1.32. The summed E-state index contributed by atoms with van der Waals surface area (Å²) in [6.45, 7) is 5.63. The third-order valence-electron chi connectivity index (χ3n) is 4.22. The van der Waals surface area contributed by atoms with Crippen LogP contribution in [0, 0.1) is 5.92 Å². The second-order valence-electron chi connectivity index (χ2n) is 5.33. The highest BCUT2D eigenvalue weighted by Gasteiger charge is 2.40. The quantitative estimate of drug-likeness (QED) is 0.825. The maximum Gasteiger partial charge on any atom is 0.160 e. The summed E-state index contributed by atoms with van der Waals surface area (Å²) in [6, 6.07) is 3.61. The average molecular weight is 314 g/mol. The highest BCUT2D eigenvalue weighted by molar-refractivity contribution is 8.93. The van der Waals surface area contributed by atoms with Crippen LogP contribution in [0.25, 0.3) is 0 Å². The summed E-state index contributed by atoms with van der Waals surface area (Å²) in [7, 11) is 0. The Morgan fingerprint density at radius 1 is 1.28 bits per heavy atom. The Morgan fingerprint density at radius 2 is 2.06 bits per heavy atom. The normalized spacial score (nSPS) is 25.6. The third kappa shape index (κ3) is 2.01. The fourth-order valence-corrected chi connectivity index (χ4v) is 3.48. The van der Waals surface area contributed by atoms with Gasteiger partial charge in [0.2, 0.25) is 0 Å². The number of aromatic hydroxyl groups is 2. The van der Waals surface area contributed by atoms with Gasteiger partial charge in [-0.2, -0.15) is 0 Å². The molecule has 0 bridgehead atoms. The number of halogens is 1. The Kier molecular flexibility index (Phi) is 3.87. The number of fused-ring (bicyclic) bond motifs is 3. The topological polar surface area (TPSA) is 43.7 Å². The number of likely N-dealkylation sites (tertiary alicyclic amines) is 1. The first-order valence-corrected chi connectivity index (χ1v) is 6.46. The van der Waals surface area contributed by atoms with Crippen molar-refractivity contribution < 1.29 is 10.2 Å². The molecule has 1 saturated heterocycles. The Labute approximate surface area is 118 Å². The number of hydrogen-bond donors (Lipinski definition) is 2. The molecule has 0 saturated carbocycles. The van der Waals surface area contributed by atoms with Crippen molar-refractivity contribution in [2.45, 2.75) is 25.7 Å². The minimum Gasteiger partial charge on any atom is -0.504 e. The molecule has 2 atom stereocenters. The zero-order valence-corrected chi connectivity index (χ0v) is 12.3. The second kappa shape index (κ2) is 5.10. The molecule has 2 unspecified atom stereocenters. The molecule has 0 radical (unpaired) electrons. The van der Waals surface area contributed by atoms with E-state index in [1.807, 2.05) is 6.07 Å². The standard InChI is InChI=1S/C14H19NO2.BrH/c1-2-5-15-7-9-6-11-10(12(9)8-15)3-4-13(16)14(11)17;/h3-4,9,12,16-17H,2,5-8H2,1H3;1H. The van der Waals surface area contributed by atoms with Crippen LogP contribution in [0.3, 0.4) is 0 Å². The zero-order chi connectivity index (χ0) is 12.0. The Morgan fingerprint density at radius 3 is 2.78 bits per heavy atom. The van der Waals surface area contributed by atoms with Crippen LogP contribution in [0.1, 0.15) is 30.4 Å². The number of phenolic OH excluding ortho intramolecular Hbond substituents is 2. The number of nitrogens with zero attached hydrogens (tertiary/aromatic N) is 1. The van der Waals surface area contributed by atoms with E-state index in [0.717, 1.165) is 25.1 Å². The first kappa shape index (κ1) is 13.7. The summed E-state index contributed by atoms with van der Waals surface area (Å²) >= 11 is 0. The number of phenols is 2. The molecule has 1 aromatic rings. The highest BCUT2D eigenvalue weighted by atomic mass is 79.9. The van der Waals surface area contributed by atoms with E-state index in [0.29, 0.717) is 11.8 Å². The van der Waals surface area contributed by atoms with E-state index in [-0.39, 0.29) is 28.5 Å². The van der Waals surface area contributed by atoms with Crippen molar-refractivity contribution in [1.29, 1.82) is 0 Å². The van der Waals surface area contributed by atoms with Gasteiger partial charge in [-0.05, 0) is 36.9 Å². The van der Waals surface area contributed by atoms with Gasteiger partial charge in [0.05, 0.1) is 0 Å². The molecule has 0 aromatic heterocycles. The van der Waals surface area contributed by atoms with Gasteiger partial charge < -0.3 is 15.1 Å². The third-order valence-corrected chi connectivity index (χ3v) is 4.22. The minimum absolute atomic E-state index is 0. The van der Waals surface area contributed by atoms with Gasteiger partial charge in [-0.15, -0.1) is 17.0 Å². The van der Waals surface area contributed by atoms with Gasteiger partial charge in [0.1, 0.15) is 0 Å². The fourth-order valence-electron chi connectivity index (χ4n) is 3.48. The maximum absolute atomic E-state index is 9.88. The Bertz CT molecular complexity index is 450. The predicted molar refractivity (Wildman–Crippen MR) is 76.8 cm³/mol. The molecule has 18 heavy (non-hydrogen) atoms. The van der Waals surface area contributed by atoms with Gasteiger partial charge in [0.25, 0.3) is 0 Å². The van der Waals surface area contributed by atoms with Crippen molar-refractivity contribution in [3.63, 3.8) is 0 Å².